The van der Waals surface area contributed by atoms with Crippen molar-refractivity contribution < 1.29 is 14.3 Å². The highest BCUT2D eigenvalue weighted by atomic mass is 32.1. The summed E-state index contributed by atoms with van der Waals surface area (Å²) in [5.41, 5.74) is 0.464. The minimum absolute atomic E-state index is 0.128. The van der Waals surface area contributed by atoms with Gasteiger partial charge in [0.25, 0.3) is 5.91 Å². The number of hydrogen-bond donors (Lipinski definition) is 2. The van der Waals surface area contributed by atoms with E-state index in [1.165, 1.54) is 43.4 Å². The maximum Gasteiger partial charge on any atom is 0.251 e. The summed E-state index contributed by atoms with van der Waals surface area (Å²) in [5.74, 6) is 0.0188. The summed E-state index contributed by atoms with van der Waals surface area (Å²) in [5, 5.41) is 14.8. The second-order valence-corrected chi connectivity index (χ2v) is 7.54. The summed E-state index contributed by atoms with van der Waals surface area (Å²) in [4.78, 5) is 24.1. The van der Waals surface area contributed by atoms with Crippen LogP contribution in [0.25, 0.3) is 0 Å². The Balaban J connectivity index is 1.68. The van der Waals surface area contributed by atoms with Crippen LogP contribution in [0.2, 0.25) is 0 Å². The van der Waals surface area contributed by atoms with Crippen molar-refractivity contribution in [3.05, 3.63) is 34.8 Å². The Labute approximate surface area is 169 Å². The van der Waals surface area contributed by atoms with E-state index in [-0.39, 0.29) is 18.4 Å². The molecule has 8 heteroatoms. The first kappa shape index (κ1) is 21.8. The van der Waals surface area contributed by atoms with Gasteiger partial charge in [0, 0.05) is 12.0 Å². The number of aromatic nitrogens is 2. The molecule has 0 aliphatic heterocycles. The minimum Gasteiger partial charge on any atom is -0.497 e. The normalized spacial score (nSPS) is 10.5. The number of amides is 2. The fourth-order valence-electron chi connectivity index (χ4n) is 2.63. The van der Waals surface area contributed by atoms with Crippen molar-refractivity contribution in [1.82, 2.24) is 15.5 Å². The lowest BCUT2D eigenvalue weighted by molar-refractivity contribution is -0.115. The Hall–Kier alpha value is -2.48. The molecule has 1 aromatic heterocycles. The molecule has 1 aromatic carbocycles. The average molecular weight is 405 g/mol. The van der Waals surface area contributed by atoms with Gasteiger partial charge in [0.1, 0.15) is 10.8 Å². The van der Waals surface area contributed by atoms with Crippen molar-refractivity contribution in [2.75, 3.05) is 19.0 Å². The van der Waals surface area contributed by atoms with Crippen molar-refractivity contribution in [2.24, 2.45) is 0 Å². The molecule has 28 heavy (non-hydrogen) atoms. The summed E-state index contributed by atoms with van der Waals surface area (Å²) in [6.45, 7) is 2.08. The standard InChI is InChI=1S/C20H28N4O3S/c1-3-4-5-6-7-8-9-18-23-24-20(28-18)22-17(25)14-21-19(26)15-10-12-16(27-2)13-11-15/h10-13H,3-9,14H2,1-2H3,(H,21,26)(H,22,24,25). The topological polar surface area (TPSA) is 93.2 Å². The van der Waals surface area contributed by atoms with Gasteiger partial charge in [-0.2, -0.15) is 0 Å². The molecule has 2 N–H and O–H groups in total. The molecule has 0 atom stereocenters. The van der Waals surface area contributed by atoms with Gasteiger partial charge in [-0.3, -0.25) is 14.9 Å². The molecular weight excluding hydrogens is 376 g/mol. The van der Waals surface area contributed by atoms with E-state index < -0.39 is 0 Å². The van der Waals surface area contributed by atoms with Crippen LogP contribution in [0.4, 0.5) is 5.13 Å². The molecule has 7 nitrogen and oxygen atoms in total. The van der Waals surface area contributed by atoms with Crippen LogP contribution in [-0.2, 0) is 11.2 Å². The van der Waals surface area contributed by atoms with Crippen LogP contribution in [0.1, 0.15) is 60.8 Å². The van der Waals surface area contributed by atoms with E-state index in [2.05, 4.69) is 27.8 Å². The van der Waals surface area contributed by atoms with Gasteiger partial charge in [0.2, 0.25) is 11.0 Å². The molecule has 152 valence electrons. The SMILES string of the molecule is CCCCCCCCc1nnc(NC(=O)CNC(=O)c2ccc(OC)cc2)s1. The lowest BCUT2D eigenvalue weighted by Crippen LogP contribution is -2.32. The number of nitrogens with one attached hydrogen (secondary N) is 2. The van der Waals surface area contributed by atoms with Gasteiger partial charge in [0.15, 0.2) is 0 Å². The number of ether oxygens (including phenoxy) is 1. The quantitative estimate of drug-likeness (QED) is 0.525. The number of unbranched alkanes of at least 4 members (excludes halogenated alkanes) is 5. The predicted octanol–water partition coefficient (Wildman–Crippen LogP) is 3.82. The van der Waals surface area contributed by atoms with Crippen molar-refractivity contribution in [2.45, 2.75) is 51.9 Å². The van der Waals surface area contributed by atoms with Crippen molar-refractivity contribution in [3.63, 3.8) is 0 Å². The smallest absolute Gasteiger partial charge is 0.251 e. The Kier molecular flexibility index (Phi) is 9.41. The number of methoxy groups -OCH3 is 1. The molecule has 0 aliphatic carbocycles. The van der Waals surface area contributed by atoms with Crippen molar-refractivity contribution >= 4 is 28.3 Å². The van der Waals surface area contributed by atoms with Gasteiger partial charge in [-0.15, -0.1) is 10.2 Å². The van der Waals surface area contributed by atoms with Gasteiger partial charge in [0.05, 0.1) is 13.7 Å². The van der Waals surface area contributed by atoms with E-state index in [9.17, 15) is 9.59 Å². The maximum atomic E-state index is 12.1. The third kappa shape index (κ3) is 7.64. The Bertz CT molecular complexity index is 746. The highest BCUT2D eigenvalue weighted by Gasteiger charge is 2.11. The maximum absolute atomic E-state index is 12.1. The number of hydrogen-bond acceptors (Lipinski definition) is 6. The van der Waals surface area contributed by atoms with Crippen LogP contribution in [0.5, 0.6) is 5.75 Å². The molecule has 0 saturated carbocycles. The fourth-order valence-corrected chi connectivity index (χ4v) is 3.43. The van der Waals surface area contributed by atoms with Crippen molar-refractivity contribution in [1.29, 1.82) is 0 Å². The monoisotopic (exact) mass is 404 g/mol. The van der Waals surface area contributed by atoms with Gasteiger partial charge >= 0.3 is 0 Å². The first-order valence-electron chi connectivity index (χ1n) is 9.67. The number of benzene rings is 1. The third-order valence-electron chi connectivity index (χ3n) is 4.22. The van der Waals surface area contributed by atoms with Crippen LogP contribution in [0.3, 0.4) is 0 Å². The molecule has 1 heterocycles. The van der Waals surface area contributed by atoms with E-state index in [4.69, 9.17) is 4.74 Å². The molecule has 2 amide bonds. The van der Waals surface area contributed by atoms with Gasteiger partial charge in [-0.1, -0.05) is 50.4 Å². The number of anilines is 1. The van der Waals surface area contributed by atoms with E-state index in [1.807, 2.05) is 0 Å². The number of aryl methyl sites for hydroxylation is 1. The van der Waals surface area contributed by atoms with E-state index in [0.717, 1.165) is 17.8 Å². The predicted molar refractivity (Wildman–Crippen MR) is 111 cm³/mol. The molecule has 2 aromatic rings. The average Bonchev–Trinajstić information content (AvgIpc) is 3.16. The highest BCUT2D eigenvalue weighted by molar-refractivity contribution is 7.15. The second kappa shape index (κ2) is 12.1. The van der Waals surface area contributed by atoms with E-state index >= 15 is 0 Å². The molecule has 0 bridgehead atoms. The molecule has 0 spiro atoms. The zero-order valence-electron chi connectivity index (χ0n) is 16.5. The third-order valence-corrected chi connectivity index (χ3v) is 5.12. The van der Waals surface area contributed by atoms with Gasteiger partial charge in [-0.05, 0) is 30.7 Å². The zero-order valence-corrected chi connectivity index (χ0v) is 17.3. The molecule has 0 aliphatic rings. The molecular formula is C20H28N4O3S. The molecule has 0 radical (unpaired) electrons. The lowest BCUT2D eigenvalue weighted by Gasteiger charge is -2.05. The van der Waals surface area contributed by atoms with Crippen LogP contribution in [0, 0.1) is 0 Å². The van der Waals surface area contributed by atoms with E-state index in [1.54, 1.807) is 31.4 Å². The van der Waals surface area contributed by atoms with Crippen LogP contribution in [-0.4, -0.2) is 35.7 Å². The summed E-state index contributed by atoms with van der Waals surface area (Å²) >= 11 is 1.38. The van der Waals surface area contributed by atoms with Crippen LogP contribution < -0.4 is 15.4 Å². The summed E-state index contributed by atoms with van der Waals surface area (Å²) in [6, 6.07) is 6.68. The van der Waals surface area contributed by atoms with Gasteiger partial charge < -0.3 is 10.1 Å². The summed E-state index contributed by atoms with van der Waals surface area (Å²) < 4.78 is 5.05. The number of nitrogens with zero attached hydrogens (tertiary/aromatic N) is 2. The number of rotatable bonds is 12. The summed E-state index contributed by atoms with van der Waals surface area (Å²) in [7, 11) is 1.56. The Morgan fingerprint density at radius 1 is 1.04 bits per heavy atom. The van der Waals surface area contributed by atoms with Crippen LogP contribution in [0.15, 0.2) is 24.3 Å². The molecule has 0 unspecified atom stereocenters. The van der Waals surface area contributed by atoms with E-state index in [0.29, 0.717) is 16.4 Å². The second-order valence-electron chi connectivity index (χ2n) is 6.48. The van der Waals surface area contributed by atoms with Crippen molar-refractivity contribution in [3.8, 4) is 5.75 Å². The van der Waals surface area contributed by atoms with Crippen LogP contribution >= 0.6 is 11.3 Å². The Morgan fingerprint density at radius 2 is 1.75 bits per heavy atom. The number of carbonyl (C=O) groups is 2. The minimum atomic E-state index is -0.330. The van der Waals surface area contributed by atoms with Gasteiger partial charge in [-0.25, -0.2) is 0 Å². The molecule has 0 fully saturated rings. The summed E-state index contributed by atoms with van der Waals surface area (Å²) in [6.07, 6.45) is 8.25. The Morgan fingerprint density at radius 3 is 2.46 bits per heavy atom. The zero-order chi connectivity index (χ0) is 20.2. The molecule has 2 rings (SSSR count). The largest absolute Gasteiger partial charge is 0.497 e. The first-order valence-corrected chi connectivity index (χ1v) is 10.5. The lowest BCUT2D eigenvalue weighted by atomic mass is 10.1. The number of carbonyl (C=O) groups excluding carboxylic acids is 2. The highest BCUT2D eigenvalue weighted by Crippen LogP contribution is 2.18. The molecule has 0 saturated heterocycles. The fraction of sp³-hybridized carbons (Fsp3) is 0.500. The first-order chi connectivity index (χ1) is 13.6.